The van der Waals surface area contributed by atoms with E-state index in [4.69, 9.17) is 21.1 Å². The fraction of sp³-hybridized carbons (Fsp3) is 0.606. The molecule has 0 aromatic heterocycles. The molecular formula is C33H49ClNO2+. The van der Waals surface area contributed by atoms with Crippen molar-refractivity contribution in [2.45, 2.75) is 116 Å². The predicted octanol–water partition coefficient (Wildman–Crippen LogP) is 9.92. The van der Waals surface area contributed by atoms with Gasteiger partial charge in [-0.2, -0.15) is 4.58 Å². The smallest absolute Gasteiger partial charge is 0.224 e. The van der Waals surface area contributed by atoms with E-state index in [-0.39, 0.29) is 0 Å². The van der Waals surface area contributed by atoms with Crippen molar-refractivity contribution in [1.82, 2.24) is 0 Å². The minimum atomic E-state index is 0.322. The Morgan fingerprint density at radius 2 is 1.32 bits per heavy atom. The number of hydrogen-bond acceptors (Lipinski definition) is 2. The summed E-state index contributed by atoms with van der Waals surface area (Å²) in [6, 6.07) is 12.9. The van der Waals surface area contributed by atoms with Gasteiger partial charge in [-0.05, 0) is 37.1 Å². The molecule has 1 aliphatic rings. The summed E-state index contributed by atoms with van der Waals surface area (Å²) >= 11 is 6.71. The van der Waals surface area contributed by atoms with E-state index < -0.39 is 0 Å². The molecule has 2 aromatic rings. The van der Waals surface area contributed by atoms with Gasteiger partial charge in [0, 0.05) is 24.5 Å². The van der Waals surface area contributed by atoms with Crippen LogP contribution in [0.15, 0.2) is 36.4 Å². The first-order chi connectivity index (χ1) is 18.1. The Morgan fingerprint density at radius 1 is 0.784 bits per heavy atom. The topological polar surface area (TPSA) is 21.5 Å². The fourth-order valence-electron chi connectivity index (χ4n) is 5.76. The van der Waals surface area contributed by atoms with Crippen LogP contribution in [0.3, 0.4) is 0 Å². The Kier molecular flexibility index (Phi) is 12.8. The number of hydrogen-bond donors (Lipinski definition) is 0. The third kappa shape index (κ3) is 8.50. The quantitative estimate of drug-likeness (QED) is 0.151. The van der Waals surface area contributed by atoms with Gasteiger partial charge in [-0.15, -0.1) is 0 Å². The second-order valence-corrected chi connectivity index (χ2v) is 11.1. The first-order valence-corrected chi connectivity index (χ1v) is 15.1. The molecule has 0 spiro atoms. The molecule has 0 aliphatic carbocycles. The predicted molar refractivity (Wildman–Crippen MR) is 159 cm³/mol. The van der Waals surface area contributed by atoms with Gasteiger partial charge in [0.25, 0.3) is 0 Å². The Balaban J connectivity index is 1.61. The Labute approximate surface area is 231 Å². The second-order valence-electron chi connectivity index (χ2n) is 10.7. The van der Waals surface area contributed by atoms with Crippen molar-refractivity contribution in [3.05, 3.63) is 52.5 Å². The zero-order chi connectivity index (χ0) is 26.5. The van der Waals surface area contributed by atoms with Gasteiger partial charge in [-0.3, -0.25) is 0 Å². The first-order valence-electron chi connectivity index (χ1n) is 14.8. The van der Waals surface area contributed by atoms with Gasteiger partial charge in [0.2, 0.25) is 5.69 Å². The van der Waals surface area contributed by atoms with Crippen LogP contribution in [0, 0.1) is 0 Å². The first kappa shape index (κ1) is 29.6. The number of rotatable bonds is 17. The summed E-state index contributed by atoms with van der Waals surface area (Å²) in [5, 5.41) is 0.807. The molecule has 1 aliphatic heterocycles. The fourth-order valence-corrected chi connectivity index (χ4v) is 5.99. The van der Waals surface area contributed by atoms with Gasteiger partial charge in [-0.1, -0.05) is 108 Å². The number of benzene rings is 2. The molecule has 0 saturated heterocycles. The largest absolute Gasteiger partial charge is 0.493 e. The molecule has 2 aromatic carbocycles. The molecule has 0 bridgehead atoms. The molecule has 3 nitrogen and oxygen atoms in total. The molecule has 1 heterocycles. The lowest BCUT2D eigenvalue weighted by molar-refractivity contribution is -0.482. The highest BCUT2D eigenvalue weighted by atomic mass is 35.5. The van der Waals surface area contributed by atoms with E-state index in [0.29, 0.717) is 6.04 Å². The highest BCUT2D eigenvalue weighted by Crippen LogP contribution is 2.37. The van der Waals surface area contributed by atoms with E-state index in [1.165, 1.54) is 100 Å². The maximum Gasteiger partial charge on any atom is 0.224 e. The molecule has 1 atom stereocenters. The van der Waals surface area contributed by atoms with E-state index in [1.807, 2.05) is 12.1 Å². The average molecular weight is 527 g/mol. The van der Waals surface area contributed by atoms with Crippen LogP contribution in [0.25, 0.3) is 0 Å². The summed E-state index contributed by atoms with van der Waals surface area (Å²) in [5.41, 5.74) is 5.06. The average Bonchev–Trinajstić information content (AvgIpc) is 2.91. The van der Waals surface area contributed by atoms with E-state index in [0.717, 1.165) is 35.1 Å². The number of nitrogens with zero attached hydrogens (tertiary/aromatic N) is 1. The van der Waals surface area contributed by atoms with Crippen molar-refractivity contribution in [1.29, 1.82) is 0 Å². The number of fused-ring (bicyclic) bond motifs is 1. The number of para-hydroxylation sites is 1. The van der Waals surface area contributed by atoms with E-state index in [2.05, 4.69) is 42.7 Å². The van der Waals surface area contributed by atoms with E-state index in [1.54, 1.807) is 14.2 Å². The molecule has 3 rings (SSSR count). The Morgan fingerprint density at radius 3 is 1.89 bits per heavy atom. The normalized spacial score (nSPS) is 15.1. The van der Waals surface area contributed by atoms with Crippen molar-refractivity contribution < 1.29 is 14.0 Å². The van der Waals surface area contributed by atoms with Crippen LogP contribution in [0.1, 0.15) is 115 Å². The molecule has 37 heavy (non-hydrogen) atoms. The zero-order valence-corrected chi connectivity index (χ0v) is 24.5. The number of unbranched alkanes of at least 4 members (excludes halogenated alkanes) is 12. The van der Waals surface area contributed by atoms with Crippen LogP contribution < -0.4 is 9.47 Å². The monoisotopic (exact) mass is 526 g/mol. The summed E-state index contributed by atoms with van der Waals surface area (Å²) < 4.78 is 13.8. The molecule has 0 radical (unpaired) electrons. The van der Waals surface area contributed by atoms with Crippen LogP contribution in [-0.2, 0) is 6.42 Å². The Bertz CT molecular complexity index is 1000. The summed E-state index contributed by atoms with van der Waals surface area (Å²) in [5.74, 6) is 1.60. The molecule has 0 N–H and O–H groups in total. The van der Waals surface area contributed by atoms with Crippen LogP contribution in [0.2, 0.25) is 5.02 Å². The lowest BCUT2D eigenvalue weighted by atomic mass is 9.89. The van der Waals surface area contributed by atoms with Crippen LogP contribution in [0.5, 0.6) is 11.5 Å². The van der Waals surface area contributed by atoms with Gasteiger partial charge >= 0.3 is 0 Å². The van der Waals surface area contributed by atoms with Crippen molar-refractivity contribution in [2.75, 3.05) is 14.2 Å². The highest BCUT2D eigenvalue weighted by molar-refractivity contribution is 6.32. The van der Waals surface area contributed by atoms with Gasteiger partial charge in [0.1, 0.15) is 5.02 Å². The SMILES string of the molecule is CCCCCCCCCCCCCCCC1=[N+](c2ccccc2Cl)C(C)Cc2cc(OC)c(OC)cc21. The van der Waals surface area contributed by atoms with Crippen LogP contribution >= 0.6 is 11.6 Å². The summed E-state index contributed by atoms with van der Waals surface area (Å²) in [6.45, 7) is 4.59. The summed E-state index contributed by atoms with van der Waals surface area (Å²) in [6.07, 6.45) is 19.8. The number of methoxy groups -OCH3 is 2. The molecule has 0 fully saturated rings. The third-order valence-corrected chi connectivity index (χ3v) is 8.12. The van der Waals surface area contributed by atoms with Gasteiger partial charge in [0.15, 0.2) is 23.3 Å². The molecule has 4 heteroatoms. The van der Waals surface area contributed by atoms with Crippen LogP contribution in [-0.4, -0.2) is 30.5 Å². The third-order valence-electron chi connectivity index (χ3n) is 7.80. The van der Waals surface area contributed by atoms with Crippen molar-refractivity contribution in [3.63, 3.8) is 0 Å². The molecule has 0 saturated carbocycles. The van der Waals surface area contributed by atoms with Gasteiger partial charge in [-0.25, -0.2) is 0 Å². The minimum absolute atomic E-state index is 0.322. The van der Waals surface area contributed by atoms with Crippen molar-refractivity contribution in [3.8, 4) is 11.5 Å². The van der Waals surface area contributed by atoms with Gasteiger partial charge in [0.05, 0.1) is 14.2 Å². The van der Waals surface area contributed by atoms with Crippen molar-refractivity contribution in [2.24, 2.45) is 0 Å². The highest BCUT2D eigenvalue weighted by Gasteiger charge is 2.34. The Hall–Kier alpha value is -2.00. The van der Waals surface area contributed by atoms with Crippen LogP contribution in [0.4, 0.5) is 5.69 Å². The molecular weight excluding hydrogens is 478 g/mol. The standard InChI is InChI=1S/C33H49ClNO2/c1-5-6-7-8-9-10-11-12-13-14-15-16-17-21-30-28-25-33(37-4)32(36-3)24-27(28)23-26(2)35(30)31-22-19-18-20-29(31)34/h18-20,22,24-26H,5-17,21,23H2,1-4H3/q+1. The lowest BCUT2D eigenvalue weighted by Gasteiger charge is -2.25. The summed E-state index contributed by atoms with van der Waals surface area (Å²) in [7, 11) is 3.43. The summed E-state index contributed by atoms with van der Waals surface area (Å²) in [4.78, 5) is 0. The minimum Gasteiger partial charge on any atom is -0.493 e. The molecule has 1 unspecified atom stereocenters. The van der Waals surface area contributed by atoms with Gasteiger partial charge < -0.3 is 9.47 Å². The molecule has 204 valence electrons. The number of ether oxygens (including phenoxy) is 2. The van der Waals surface area contributed by atoms with E-state index in [9.17, 15) is 0 Å². The maximum atomic E-state index is 6.71. The lowest BCUT2D eigenvalue weighted by Crippen LogP contribution is -2.34. The van der Waals surface area contributed by atoms with Crippen molar-refractivity contribution >= 4 is 23.0 Å². The molecule has 0 amide bonds. The zero-order valence-electron chi connectivity index (χ0n) is 23.8. The van der Waals surface area contributed by atoms with E-state index >= 15 is 0 Å². The maximum absolute atomic E-state index is 6.71. The second kappa shape index (κ2) is 16.1. The number of halogens is 1.